The number of benzene rings is 1. The average molecular weight is 292 g/mol. The van der Waals surface area contributed by atoms with Crippen molar-refractivity contribution in [3.63, 3.8) is 0 Å². The molecule has 2 atom stereocenters. The third-order valence-electron chi connectivity index (χ3n) is 3.48. The van der Waals surface area contributed by atoms with Crippen molar-refractivity contribution in [2.24, 2.45) is 5.92 Å². The fourth-order valence-corrected chi connectivity index (χ4v) is 2.25. The summed E-state index contributed by atoms with van der Waals surface area (Å²) in [5, 5.41) is 12.4. The lowest BCUT2D eigenvalue weighted by molar-refractivity contribution is -0.123. The molecule has 4 nitrogen and oxygen atoms in total. The smallest absolute Gasteiger partial charge is 0.234 e. The van der Waals surface area contributed by atoms with Crippen molar-refractivity contribution < 1.29 is 9.90 Å². The van der Waals surface area contributed by atoms with Crippen LogP contribution in [0.2, 0.25) is 0 Å². The second-order valence-corrected chi connectivity index (χ2v) is 6.08. The van der Waals surface area contributed by atoms with E-state index in [0.29, 0.717) is 25.4 Å². The molecule has 0 aromatic heterocycles. The molecule has 118 valence electrons. The quantitative estimate of drug-likeness (QED) is 0.772. The van der Waals surface area contributed by atoms with Gasteiger partial charge in [-0.25, -0.2) is 0 Å². The van der Waals surface area contributed by atoms with Crippen LogP contribution in [0, 0.1) is 5.92 Å². The molecule has 1 rings (SSSR count). The monoisotopic (exact) mass is 292 g/mol. The second-order valence-electron chi connectivity index (χ2n) is 6.08. The summed E-state index contributed by atoms with van der Waals surface area (Å²) in [6.45, 7) is 7.04. The maximum atomic E-state index is 12.2. The fourth-order valence-electron chi connectivity index (χ4n) is 2.25. The van der Waals surface area contributed by atoms with Crippen molar-refractivity contribution in [3.8, 4) is 0 Å². The number of nitrogens with zero attached hydrogens (tertiary/aromatic N) is 1. The Kier molecular flexibility index (Phi) is 7.40. The number of carbonyl (C=O) groups excluding carboxylic acids is 1. The highest BCUT2D eigenvalue weighted by Gasteiger charge is 2.18. The molecule has 0 radical (unpaired) electrons. The summed E-state index contributed by atoms with van der Waals surface area (Å²) in [7, 11) is 1.90. The van der Waals surface area contributed by atoms with Crippen LogP contribution >= 0.6 is 0 Å². The van der Waals surface area contributed by atoms with Gasteiger partial charge in [0.1, 0.15) is 0 Å². The van der Waals surface area contributed by atoms with Gasteiger partial charge in [0.25, 0.3) is 0 Å². The largest absolute Gasteiger partial charge is 0.393 e. The Morgan fingerprint density at radius 3 is 2.38 bits per heavy atom. The number of nitrogens with one attached hydrogen (secondary N) is 1. The molecule has 0 saturated carbocycles. The fraction of sp³-hybridized carbons (Fsp3) is 0.588. The van der Waals surface area contributed by atoms with Gasteiger partial charge in [-0.05, 0) is 31.9 Å². The van der Waals surface area contributed by atoms with E-state index in [-0.39, 0.29) is 18.1 Å². The first-order chi connectivity index (χ1) is 9.90. The van der Waals surface area contributed by atoms with Gasteiger partial charge in [0.05, 0.1) is 18.7 Å². The summed E-state index contributed by atoms with van der Waals surface area (Å²) < 4.78 is 0. The number of rotatable bonds is 8. The normalized spacial score (nSPS) is 14.2. The van der Waals surface area contributed by atoms with Gasteiger partial charge < -0.3 is 10.4 Å². The summed E-state index contributed by atoms with van der Waals surface area (Å²) in [5.41, 5.74) is 1.13. The Hall–Kier alpha value is -1.39. The molecule has 2 unspecified atom stereocenters. The zero-order valence-electron chi connectivity index (χ0n) is 13.5. The van der Waals surface area contributed by atoms with Gasteiger partial charge in [-0.3, -0.25) is 9.69 Å². The van der Waals surface area contributed by atoms with Crippen molar-refractivity contribution >= 4 is 5.91 Å². The minimum Gasteiger partial charge on any atom is -0.393 e. The molecule has 0 bridgehead atoms. The first-order valence-corrected chi connectivity index (χ1v) is 7.61. The molecular formula is C17H28N2O2. The van der Waals surface area contributed by atoms with Crippen LogP contribution in [0.1, 0.15) is 38.8 Å². The van der Waals surface area contributed by atoms with Gasteiger partial charge in [-0.1, -0.05) is 44.2 Å². The van der Waals surface area contributed by atoms with Crippen LogP contribution in [0.3, 0.4) is 0 Å². The van der Waals surface area contributed by atoms with E-state index in [1.54, 1.807) is 6.92 Å². The molecule has 0 saturated heterocycles. The van der Waals surface area contributed by atoms with Gasteiger partial charge in [-0.2, -0.15) is 0 Å². The third kappa shape index (κ3) is 6.74. The molecule has 21 heavy (non-hydrogen) atoms. The minimum atomic E-state index is -0.330. The van der Waals surface area contributed by atoms with Crippen LogP contribution in [0.4, 0.5) is 0 Å². The summed E-state index contributed by atoms with van der Waals surface area (Å²) in [6, 6.07) is 10.1. The Labute approximate surface area is 128 Å². The topological polar surface area (TPSA) is 52.6 Å². The predicted molar refractivity (Wildman–Crippen MR) is 86.0 cm³/mol. The number of aliphatic hydroxyl groups is 1. The van der Waals surface area contributed by atoms with Crippen LogP contribution in [0.25, 0.3) is 0 Å². The first kappa shape index (κ1) is 17.7. The molecule has 0 aliphatic heterocycles. The zero-order chi connectivity index (χ0) is 15.8. The molecule has 1 amide bonds. The van der Waals surface area contributed by atoms with Crippen LogP contribution in [0.15, 0.2) is 30.3 Å². The third-order valence-corrected chi connectivity index (χ3v) is 3.48. The molecule has 0 fully saturated rings. The number of hydrogen-bond acceptors (Lipinski definition) is 3. The zero-order valence-corrected chi connectivity index (χ0v) is 13.5. The van der Waals surface area contributed by atoms with E-state index in [1.807, 2.05) is 42.3 Å². The van der Waals surface area contributed by atoms with E-state index in [4.69, 9.17) is 0 Å². The maximum absolute atomic E-state index is 12.2. The van der Waals surface area contributed by atoms with Crippen molar-refractivity contribution in [2.75, 3.05) is 20.1 Å². The van der Waals surface area contributed by atoms with E-state index < -0.39 is 0 Å². The molecule has 0 heterocycles. The number of hydrogen-bond donors (Lipinski definition) is 2. The standard InChI is InChI=1S/C17H28N2O2/c1-13(2)17(15-8-6-5-7-9-15)18-16(21)12-19(4)11-10-14(3)20/h5-9,13-14,17,20H,10-12H2,1-4H3,(H,18,21). The number of carbonyl (C=O) groups is 1. The summed E-state index contributed by atoms with van der Waals surface area (Å²) in [4.78, 5) is 14.1. The molecule has 0 spiro atoms. The first-order valence-electron chi connectivity index (χ1n) is 7.61. The van der Waals surface area contributed by atoms with Crippen molar-refractivity contribution in [1.29, 1.82) is 0 Å². The SMILES string of the molecule is CC(O)CCN(C)CC(=O)NC(c1ccccc1)C(C)C. The van der Waals surface area contributed by atoms with Crippen LogP contribution < -0.4 is 5.32 Å². The lowest BCUT2D eigenvalue weighted by Gasteiger charge is -2.25. The van der Waals surface area contributed by atoms with E-state index in [0.717, 1.165) is 5.56 Å². The second kappa shape index (κ2) is 8.80. The van der Waals surface area contributed by atoms with Crippen LogP contribution in [0.5, 0.6) is 0 Å². The number of aliphatic hydroxyl groups excluding tert-OH is 1. The number of likely N-dealkylation sites (N-methyl/N-ethyl adjacent to an activating group) is 1. The Morgan fingerprint density at radius 2 is 1.86 bits per heavy atom. The maximum Gasteiger partial charge on any atom is 0.234 e. The van der Waals surface area contributed by atoms with Gasteiger partial charge in [0.15, 0.2) is 0 Å². The van der Waals surface area contributed by atoms with E-state index >= 15 is 0 Å². The van der Waals surface area contributed by atoms with Gasteiger partial charge in [-0.15, -0.1) is 0 Å². The average Bonchev–Trinajstić information content (AvgIpc) is 2.43. The Morgan fingerprint density at radius 1 is 1.24 bits per heavy atom. The van der Waals surface area contributed by atoms with Crippen molar-refractivity contribution in [2.45, 2.75) is 39.3 Å². The Bertz CT molecular complexity index is 418. The molecule has 0 aliphatic carbocycles. The van der Waals surface area contributed by atoms with E-state index in [2.05, 4.69) is 19.2 Å². The molecule has 1 aromatic rings. The molecule has 4 heteroatoms. The lowest BCUT2D eigenvalue weighted by Crippen LogP contribution is -2.39. The van der Waals surface area contributed by atoms with E-state index in [9.17, 15) is 9.90 Å². The highest BCUT2D eigenvalue weighted by Crippen LogP contribution is 2.21. The highest BCUT2D eigenvalue weighted by molar-refractivity contribution is 5.78. The van der Waals surface area contributed by atoms with Crippen molar-refractivity contribution in [3.05, 3.63) is 35.9 Å². The minimum absolute atomic E-state index is 0.0191. The summed E-state index contributed by atoms with van der Waals surface area (Å²) >= 11 is 0. The summed E-state index contributed by atoms with van der Waals surface area (Å²) in [6.07, 6.45) is 0.346. The molecule has 2 N–H and O–H groups in total. The highest BCUT2D eigenvalue weighted by atomic mass is 16.3. The van der Waals surface area contributed by atoms with Gasteiger partial charge in [0, 0.05) is 6.54 Å². The molecule has 1 aromatic carbocycles. The molecular weight excluding hydrogens is 264 g/mol. The predicted octanol–water partition coefficient (Wildman–Crippen LogP) is 2.20. The number of amides is 1. The van der Waals surface area contributed by atoms with E-state index in [1.165, 1.54) is 0 Å². The Balaban J connectivity index is 2.54. The van der Waals surface area contributed by atoms with Gasteiger partial charge >= 0.3 is 0 Å². The van der Waals surface area contributed by atoms with Gasteiger partial charge in [0.2, 0.25) is 5.91 Å². The van der Waals surface area contributed by atoms with Crippen LogP contribution in [-0.4, -0.2) is 42.2 Å². The van der Waals surface area contributed by atoms with Crippen LogP contribution in [-0.2, 0) is 4.79 Å². The lowest BCUT2D eigenvalue weighted by atomic mass is 9.96. The van der Waals surface area contributed by atoms with Crippen molar-refractivity contribution in [1.82, 2.24) is 10.2 Å². The molecule has 0 aliphatic rings. The summed E-state index contributed by atoms with van der Waals surface area (Å²) in [5.74, 6) is 0.352.